The van der Waals surface area contributed by atoms with E-state index >= 15 is 0 Å². The Morgan fingerprint density at radius 2 is 2.07 bits per heavy atom. The summed E-state index contributed by atoms with van der Waals surface area (Å²) in [5, 5.41) is 4.58. The summed E-state index contributed by atoms with van der Waals surface area (Å²) in [7, 11) is 0. The van der Waals surface area contributed by atoms with Crippen molar-refractivity contribution in [1.82, 2.24) is 4.98 Å². The maximum absolute atomic E-state index is 4.45. The van der Waals surface area contributed by atoms with Gasteiger partial charge in [0.2, 0.25) is 0 Å². The van der Waals surface area contributed by atoms with Gasteiger partial charge >= 0.3 is 0 Å². The Balaban J connectivity index is 2.65. The lowest BCUT2D eigenvalue weighted by atomic mass is 10.1. The molecule has 0 radical (unpaired) electrons. The third-order valence-electron chi connectivity index (χ3n) is 2.60. The van der Waals surface area contributed by atoms with Crippen molar-refractivity contribution in [2.24, 2.45) is 0 Å². The predicted molar refractivity (Wildman–Crippen MR) is 65.3 cm³/mol. The molecule has 0 bridgehead atoms. The van der Waals surface area contributed by atoms with Crippen LogP contribution in [0.1, 0.15) is 19.4 Å². The molecule has 2 nitrogen and oxygen atoms in total. The van der Waals surface area contributed by atoms with Crippen molar-refractivity contribution < 1.29 is 0 Å². The van der Waals surface area contributed by atoms with Gasteiger partial charge in [0.1, 0.15) is 0 Å². The first-order valence-electron chi connectivity index (χ1n) is 5.47. The molecular formula is C13H16N2. The number of fused-ring (bicyclic) bond motifs is 1. The Morgan fingerprint density at radius 3 is 2.80 bits per heavy atom. The van der Waals surface area contributed by atoms with Crippen LogP contribution in [0.2, 0.25) is 0 Å². The minimum Gasteiger partial charge on any atom is -0.385 e. The van der Waals surface area contributed by atoms with Crippen molar-refractivity contribution in [2.75, 3.05) is 11.9 Å². The zero-order chi connectivity index (χ0) is 10.7. The molecule has 0 fully saturated rings. The largest absolute Gasteiger partial charge is 0.385 e. The van der Waals surface area contributed by atoms with Crippen molar-refractivity contribution in [3.8, 4) is 0 Å². The van der Waals surface area contributed by atoms with Gasteiger partial charge in [0.15, 0.2) is 0 Å². The van der Waals surface area contributed by atoms with Crippen molar-refractivity contribution >= 4 is 16.6 Å². The minimum atomic E-state index is 0.940. The molecule has 2 rings (SSSR count). The number of aryl methyl sites for hydroxylation is 1. The third-order valence-corrected chi connectivity index (χ3v) is 2.60. The van der Waals surface area contributed by atoms with Gasteiger partial charge < -0.3 is 5.32 Å². The highest BCUT2D eigenvalue weighted by Crippen LogP contribution is 2.24. The summed E-state index contributed by atoms with van der Waals surface area (Å²) in [6.45, 7) is 5.21. The average Bonchev–Trinajstić information content (AvgIpc) is 2.29. The SMILES string of the molecule is CCNc1ccnc2c(CC)cccc12. The monoisotopic (exact) mass is 200 g/mol. The number of para-hydroxylation sites is 1. The van der Waals surface area contributed by atoms with Crippen molar-refractivity contribution in [2.45, 2.75) is 20.3 Å². The highest BCUT2D eigenvalue weighted by molar-refractivity contribution is 5.92. The smallest absolute Gasteiger partial charge is 0.0754 e. The van der Waals surface area contributed by atoms with Crippen LogP contribution in [0.5, 0.6) is 0 Å². The predicted octanol–water partition coefficient (Wildman–Crippen LogP) is 3.23. The van der Waals surface area contributed by atoms with E-state index in [-0.39, 0.29) is 0 Å². The molecule has 0 aliphatic heterocycles. The van der Waals surface area contributed by atoms with Crippen molar-refractivity contribution in [3.63, 3.8) is 0 Å². The summed E-state index contributed by atoms with van der Waals surface area (Å²) in [5.74, 6) is 0. The Hall–Kier alpha value is -1.57. The molecule has 1 aromatic carbocycles. The fourth-order valence-corrected chi connectivity index (χ4v) is 1.87. The third kappa shape index (κ3) is 1.80. The number of nitrogens with zero attached hydrogens (tertiary/aromatic N) is 1. The lowest BCUT2D eigenvalue weighted by molar-refractivity contribution is 1.14. The van der Waals surface area contributed by atoms with Crippen LogP contribution in [0.4, 0.5) is 5.69 Å². The normalized spacial score (nSPS) is 10.5. The van der Waals surface area contributed by atoms with Gasteiger partial charge in [0, 0.05) is 23.8 Å². The number of hydrogen-bond donors (Lipinski definition) is 1. The second-order valence-electron chi connectivity index (χ2n) is 3.56. The van der Waals surface area contributed by atoms with E-state index < -0.39 is 0 Å². The second kappa shape index (κ2) is 4.30. The molecule has 0 spiro atoms. The van der Waals surface area contributed by atoms with E-state index in [0.29, 0.717) is 0 Å². The van der Waals surface area contributed by atoms with E-state index in [2.05, 4.69) is 42.3 Å². The Bertz CT molecular complexity index is 463. The van der Waals surface area contributed by atoms with Crippen molar-refractivity contribution in [3.05, 3.63) is 36.0 Å². The second-order valence-corrected chi connectivity index (χ2v) is 3.56. The van der Waals surface area contributed by atoms with E-state index in [0.717, 1.165) is 18.5 Å². The van der Waals surface area contributed by atoms with Crippen molar-refractivity contribution in [1.29, 1.82) is 0 Å². The molecule has 0 amide bonds. The quantitative estimate of drug-likeness (QED) is 0.822. The first-order valence-corrected chi connectivity index (χ1v) is 5.47. The van der Waals surface area contributed by atoms with Gasteiger partial charge in [-0.2, -0.15) is 0 Å². The Labute approximate surface area is 90.3 Å². The van der Waals surface area contributed by atoms with E-state index in [1.807, 2.05) is 12.3 Å². The summed E-state index contributed by atoms with van der Waals surface area (Å²) >= 11 is 0. The van der Waals surface area contributed by atoms with Crippen LogP contribution in [-0.2, 0) is 6.42 Å². The van der Waals surface area contributed by atoms with Crippen LogP contribution >= 0.6 is 0 Å². The number of aromatic nitrogens is 1. The van der Waals surface area contributed by atoms with Gasteiger partial charge in [-0.05, 0) is 25.0 Å². The van der Waals surface area contributed by atoms with Crippen LogP contribution in [0.15, 0.2) is 30.5 Å². The zero-order valence-electron chi connectivity index (χ0n) is 9.25. The molecule has 15 heavy (non-hydrogen) atoms. The number of anilines is 1. The van der Waals surface area contributed by atoms with E-state index in [9.17, 15) is 0 Å². The molecule has 1 aromatic heterocycles. The van der Waals surface area contributed by atoms with Gasteiger partial charge in [0.25, 0.3) is 0 Å². The maximum atomic E-state index is 4.45. The van der Waals surface area contributed by atoms with Gasteiger partial charge in [-0.15, -0.1) is 0 Å². The molecule has 0 saturated carbocycles. The summed E-state index contributed by atoms with van der Waals surface area (Å²) in [6, 6.07) is 8.40. The molecule has 1 N–H and O–H groups in total. The topological polar surface area (TPSA) is 24.9 Å². The highest BCUT2D eigenvalue weighted by atomic mass is 14.9. The molecular weight excluding hydrogens is 184 g/mol. The molecule has 0 unspecified atom stereocenters. The minimum absolute atomic E-state index is 0.940. The molecule has 2 heteroatoms. The molecule has 78 valence electrons. The first-order chi connectivity index (χ1) is 7.36. The zero-order valence-corrected chi connectivity index (χ0v) is 9.25. The van der Waals surface area contributed by atoms with Crippen LogP contribution in [-0.4, -0.2) is 11.5 Å². The standard InChI is InChI=1S/C13H16N2/c1-3-10-6-5-7-11-12(14-4-2)8-9-15-13(10)11/h5-9H,3-4H2,1-2H3,(H,14,15). The van der Waals surface area contributed by atoms with Crippen LogP contribution in [0.3, 0.4) is 0 Å². The fourth-order valence-electron chi connectivity index (χ4n) is 1.87. The van der Waals surface area contributed by atoms with E-state index in [1.165, 1.54) is 16.6 Å². The van der Waals surface area contributed by atoms with Crippen LogP contribution in [0.25, 0.3) is 10.9 Å². The summed E-state index contributed by atoms with van der Waals surface area (Å²) < 4.78 is 0. The Kier molecular flexibility index (Phi) is 2.86. The number of hydrogen-bond acceptors (Lipinski definition) is 2. The molecule has 0 aliphatic carbocycles. The number of nitrogens with one attached hydrogen (secondary N) is 1. The van der Waals surface area contributed by atoms with E-state index in [4.69, 9.17) is 0 Å². The number of rotatable bonds is 3. The van der Waals surface area contributed by atoms with Gasteiger partial charge in [-0.3, -0.25) is 4.98 Å². The summed E-state index contributed by atoms with van der Waals surface area (Å²) in [5.41, 5.74) is 3.61. The lowest BCUT2D eigenvalue weighted by Gasteiger charge is -2.09. The molecule has 0 saturated heterocycles. The molecule has 1 heterocycles. The highest BCUT2D eigenvalue weighted by Gasteiger charge is 2.03. The first kappa shape index (κ1) is 9.97. The molecule has 0 atom stereocenters. The maximum Gasteiger partial charge on any atom is 0.0754 e. The van der Waals surface area contributed by atoms with Gasteiger partial charge in [-0.25, -0.2) is 0 Å². The van der Waals surface area contributed by atoms with Crippen LogP contribution < -0.4 is 5.32 Å². The average molecular weight is 200 g/mol. The van der Waals surface area contributed by atoms with Crippen LogP contribution in [0, 0.1) is 0 Å². The van der Waals surface area contributed by atoms with Gasteiger partial charge in [-0.1, -0.05) is 25.1 Å². The number of pyridine rings is 1. The Morgan fingerprint density at radius 1 is 1.20 bits per heavy atom. The lowest BCUT2D eigenvalue weighted by Crippen LogP contribution is -1.98. The van der Waals surface area contributed by atoms with Gasteiger partial charge in [0.05, 0.1) is 5.52 Å². The summed E-state index contributed by atoms with van der Waals surface area (Å²) in [4.78, 5) is 4.45. The van der Waals surface area contributed by atoms with E-state index in [1.54, 1.807) is 0 Å². The molecule has 2 aromatic rings. The summed E-state index contributed by atoms with van der Waals surface area (Å²) in [6.07, 6.45) is 2.90. The number of benzene rings is 1. The molecule has 0 aliphatic rings. The fraction of sp³-hybridized carbons (Fsp3) is 0.308.